The maximum Gasteiger partial charge on any atom is 0.243 e. The molecule has 0 aliphatic carbocycles. The minimum Gasteiger partial charge on any atom is -0.309 e. The highest BCUT2D eigenvalue weighted by Crippen LogP contribution is 2.25. The highest BCUT2D eigenvalue weighted by molar-refractivity contribution is 7.89. The van der Waals surface area contributed by atoms with E-state index in [-0.39, 0.29) is 18.0 Å². The summed E-state index contributed by atoms with van der Waals surface area (Å²) in [6.45, 7) is 1.91. The molecular formula is C28H29FN4O3S. The lowest BCUT2D eigenvalue weighted by molar-refractivity contribution is -0.116. The number of sulfonamides is 1. The Kier molecular flexibility index (Phi) is 8.47. The molecule has 0 saturated carbocycles. The van der Waals surface area contributed by atoms with Gasteiger partial charge in [0.2, 0.25) is 15.9 Å². The Labute approximate surface area is 216 Å². The summed E-state index contributed by atoms with van der Waals surface area (Å²) in [5.41, 5.74) is 2.00. The molecule has 3 aromatic carbocycles. The van der Waals surface area contributed by atoms with Crippen molar-refractivity contribution in [3.05, 3.63) is 96.8 Å². The van der Waals surface area contributed by atoms with E-state index in [1.807, 2.05) is 37.3 Å². The first-order valence-corrected chi connectivity index (χ1v) is 13.6. The molecule has 0 unspecified atom stereocenters. The van der Waals surface area contributed by atoms with Gasteiger partial charge in [-0.3, -0.25) is 4.79 Å². The van der Waals surface area contributed by atoms with Crippen molar-refractivity contribution in [2.75, 3.05) is 18.4 Å². The van der Waals surface area contributed by atoms with E-state index in [0.717, 1.165) is 18.4 Å². The number of benzene rings is 3. The third-order valence-electron chi connectivity index (χ3n) is 5.83. The zero-order chi connectivity index (χ0) is 26.3. The maximum absolute atomic E-state index is 13.5. The Morgan fingerprint density at radius 2 is 1.59 bits per heavy atom. The lowest BCUT2D eigenvalue weighted by Crippen LogP contribution is -2.38. The van der Waals surface area contributed by atoms with E-state index in [2.05, 4.69) is 10.4 Å². The van der Waals surface area contributed by atoms with Crippen molar-refractivity contribution < 1.29 is 17.6 Å². The predicted molar refractivity (Wildman–Crippen MR) is 142 cm³/mol. The summed E-state index contributed by atoms with van der Waals surface area (Å²) in [4.78, 5) is 13.3. The van der Waals surface area contributed by atoms with Gasteiger partial charge in [0.1, 0.15) is 11.6 Å². The molecule has 37 heavy (non-hydrogen) atoms. The van der Waals surface area contributed by atoms with Gasteiger partial charge in [-0.2, -0.15) is 9.40 Å². The van der Waals surface area contributed by atoms with Crippen LogP contribution in [0.3, 0.4) is 0 Å². The van der Waals surface area contributed by atoms with Crippen LogP contribution in [0.4, 0.5) is 10.2 Å². The molecule has 1 aromatic heterocycles. The van der Waals surface area contributed by atoms with Crippen LogP contribution in [-0.2, 0) is 14.8 Å². The Bertz CT molecular complexity index is 1420. The maximum atomic E-state index is 13.5. The Hall–Kier alpha value is -3.82. The number of unbranched alkanes of at least 4 members (excludes halogenated alkanes) is 2. The highest BCUT2D eigenvalue weighted by Gasteiger charge is 2.26. The van der Waals surface area contributed by atoms with Crippen molar-refractivity contribution in [3.8, 4) is 16.9 Å². The lowest BCUT2D eigenvalue weighted by Gasteiger charge is -2.22. The SMILES string of the molecule is CCCCCN(CC(=O)Nc1cc(-c2ccccc2)nn1-c1ccc(F)cc1)S(=O)(=O)c1ccccc1. The summed E-state index contributed by atoms with van der Waals surface area (Å²) in [5.74, 6) is -0.543. The van der Waals surface area contributed by atoms with Gasteiger partial charge in [-0.15, -0.1) is 0 Å². The number of halogens is 1. The second kappa shape index (κ2) is 11.9. The average Bonchev–Trinajstić information content (AvgIpc) is 3.33. The molecule has 0 radical (unpaired) electrons. The summed E-state index contributed by atoms with van der Waals surface area (Å²) in [5, 5.41) is 7.44. The molecular weight excluding hydrogens is 491 g/mol. The van der Waals surface area contributed by atoms with E-state index in [0.29, 0.717) is 23.6 Å². The fraction of sp³-hybridized carbons (Fsp3) is 0.214. The number of anilines is 1. The largest absolute Gasteiger partial charge is 0.309 e. The molecule has 4 rings (SSSR count). The topological polar surface area (TPSA) is 84.3 Å². The average molecular weight is 521 g/mol. The third kappa shape index (κ3) is 6.49. The van der Waals surface area contributed by atoms with Crippen LogP contribution in [0, 0.1) is 5.82 Å². The monoisotopic (exact) mass is 520 g/mol. The van der Waals surface area contributed by atoms with Gasteiger partial charge in [0, 0.05) is 18.2 Å². The minimum absolute atomic E-state index is 0.141. The fourth-order valence-corrected chi connectivity index (χ4v) is 5.36. The van der Waals surface area contributed by atoms with E-state index in [9.17, 15) is 17.6 Å². The summed E-state index contributed by atoms with van der Waals surface area (Å²) in [6.07, 6.45) is 2.41. The zero-order valence-corrected chi connectivity index (χ0v) is 21.4. The molecule has 0 bridgehead atoms. The minimum atomic E-state index is -3.87. The highest BCUT2D eigenvalue weighted by atomic mass is 32.2. The smallest absolute Gasteiger partial charge is 0.243 e. The lowest BCUT2D eigenvalue weighted by atomic mass is 10.2. The van der Waals surface area contributed by atoms with Crippen molar-refractivity contribution in [2.45, 2.75) is 31.1 Å². The van der Waals surface area contributed by atoms with Crippen LogP contribution in [0.15, 0.2) is 95.9 Å². The fourth-order valence-electron chi connectivity index (χ4n) is 3.91. The summed E-state index contributed by atoms with van der Waals surface area (Å²) < 4.78 is 42.9. The van der Waals surface area contributed by atoms with Crippen LogP contribution in [0.2, 0.25) is 0 Å². The number of rotatable bonds is 11. The van der Waals surface area contributed by atoms with Gasteiger partial charge in [0.25, 0.3) is 0 Å². The molecule has 1 heterocycles. The number of carbonyl (C=O) groups excluding carboxylic acids is 1. The van der Waals surface area contributed by atoms with Gasteiger partial charge in [-0.1, -0.05) is 68.3 Å². The van der Waals surface area contributed by atoms with E-state index in [1.165, 1.54) is 33.3 Å². The summed E-state index contributed by atoms with van der Waals surface area (Å²) >= 11 is 0. The molecule has 192 valence electrons. The van der Waals surface area contributed by atoms with Gasteiger partial charge in [0.05, 0.1) is 22.8 Å². The van der Waals surface area contributed by atoms with Crippen LogP contribution in [0.5, 0.6) is 0 Å². The molecule has 9 heteroatoms. The summed E-state index contributed by atoms with van der Waals surface area (Å²) in [7, 11) is -3.87. The first-order valence-electron chi connectivity index (χ1n) is 12.1. The molecule has 0 saturated heterocycles. The third-order valence-corrected chi connectivity index (χ3v) is 7.69. The van der Waals surface area contributed by atoms with Crippen molar-refractivity contribution in [1.82, 2.24) is 14.1 Å². The molecule has 4 aromatic rings. The molecule has 1 amide bonds. The van der Waals surface area contributed by atoms with E-state index >= 15 is 0 Å². The summed E-state index contributed by atoms with van der Waals surface area (Å²) in [6, 6.07) is 25.0. The van der Waals surface area contributed by atoms with E-state index in [4.69, 9.17) is 0 Å². The van der Waals surface area contributed by atoms with Crippen LogP contribution in [0.1, 0.15) is 26.2 Å². The van der Waals surface area contributed by atoms with Gasteiger partial charge in [-0.05, 0) is 42.8 Å². The molecule has 7 nitrogen and oxygen atoms in total. The molecule has 0 aliphatic rings. The van der Waals surface area contributed by atoms with Crippen LogP contribution >= 0.6 is 0 Å². The van der Waals surface area contributed by atoms with Crippen molar-refractivity contribution in [3.63, 3.8) is 0 Å². The van der Waals surface area contributed by atoms with Crippen molar-refractivity contribution in [1.29, 1.82) is 0 Å². The second-order valence-electron chi connectivity index (χ2n) is 8.58. The van der Waals surface area contributed by atoms with Crippen LogP contribution in [0.25, 0.3) is 16.9 Å². The molecule has 0 atom stereocenters. The Morgan fingerprint density at radius 3 is 2.24 bits per heavy atom. The molecule has 0 aliphatic heterocycles. The number of aromatic nitrogens is 2. The first kappa shape index (κ1) is 26.2. The van der Waals surface area contributed by atoms with Gasteiger partial charge in [-0.25, -0.2) is 17.5 Å². The van der Waals surface area contributed by atoms with Crippen molar-refractivity contribution in [2.24, 2.45) is 0 Å². The van der Waals surface area contributed by atoms with Gasteiger partial charge in [0.15, 0.2) is 0 Å². The quantitative estimate of drug-likeness (QED) is 0.265. The standard InChI is InChI=1S/C28H29FN4O3S/c1-2-3-10-19-32(37(35,36)25-13-8-5-9-14-25)21-28(34)30-27-20-26(22-11-6-4-7-12-22)31-33(27)24-17-15-23(29)16-18-24/h4-9,11-18,20H,2-3,10,19,21H2,1H3,(H,30,34). The molecule has 0 fully saturated rings. The van der Waals surface area contributed by atoms with E-state index < -0.39 is 21.7 Å². The predicted octanol–water partition coefficient (Wildman–Crippen LogP) is 5.50. The second-order valence-corrected chi connectivity index (χ2v) is 10.5. The van der Waals surface area contributed by atoms with Gasteiger partial charge < -0.3 is 5.32 Å². The number of nitrogens with zero attached hydrogens (tertiary/aromatic N) is 3. The Balaban J connectivity index is 1.62. The van der Waals surface area contributed by atoms with Crippen LogP contribution < -0.4 is 5.32 Å². The number of nitrogens with one attached hydrogen (secondary N) is 1. The number of hydrogen-bond acceptors (Lipinski definition) is 4. The van der Waals surface area contributed by atoms with E-state index in [1.54, 1.807) is 36.4 Å². The first-order chi connectivity index (χ1) is 17.9. The zero-order valence-electron chi connectivity index (χ0n) is 20.5. The normalized spacial score (nSPS) is 11.5. The van der Waals surface area contributed by atoms with Gasteiger partial charge >= 0.3 is 0 Å². The van der Waals surface area contributed by atoms with Crippen molar-refractivity contribution >= 4 is 21.7 Å². The number of hydrogen-bond donors (Lipinski definition) is 1. The molecule has 0 spiro atoms. The molecule has 1 N–H and O–H groups in total. The number of amides is 1. The Morgan fingerprint density at radius 1 is 0.946 bits per heavy atom. The number of carbonyl (C=O) groups is 1. The van der Waals surface area contributed by atoms with Crippen LogP contribution in [-0.4, -0.2) is 41.5 Å².